The summed E-state index contributed by atoms with van der Waals surface area (Å²) in [6.45, 7) is 0. The molecule has 0 heterocycles. The van der Waals surface area contributed by atoms with Crippen LogP contribution in [0.3, 0.4) is 0 Å². The Labute approximate surface area is 122 Å². The lowest BCUT2D eigenvalue weighted by Gasteiger charge is -2.39. The summed E-state index contributed by atoms with van der Waals surface area (Å²) in [7, 11) is 0. The quantitative estimate of drug-likeness (QED) is 0.837. The van der Waals surface area contributed by atoms with Crippen LogP contribution in [0.5, 0.6) is 0 Å². The van der Waals surface area contributed by atoms with E-state index in [0.717, 1.165) is 6.04 Å². The van der Waals surface area contributed by atoms with E-state index in [9.17, 15) is 4.39 Å². The molecule has 0 bridgehead atoms. The van der Waals surface area contributed by atoms with E-state index in [1.54, 1.807) is 6.07 Å². The third-order valence-corrected chi connectivity index (χ3v) is 5.03. The summed E-state index contributed by atoms with van der Waals surface area (Å²) in [6.07, 6.45) is 12.1. The zero-order chi connectivity index (χ0) is 13.8. The van der Waals surface area contributed by atoms with Gasteiger partial charge in [0.1, 0.15) is 5.82 Å². The maximum absolute atomic E-state index is 13.2. The number of rotatable bonds is 3. The van der Waals surface area contributed by atoms with Crippen molar-refractivity contribution in [3.63, 3.8) is 0 Å². The largest absolute Gasteiger partial charge is 0.311 e. The van der Waals surface area contributed by atoms with Crippen LogP contribution in [0, 0.1) is 5.82 Å². The number of hydrogen-bond donors (Lipinski definition) is 1. The monoisotopic (exact) mass is 275 g/mol. The van der Waals surface area contributed by atoms with Gasteiger partial charge in [-0.1, -0.05) is 44.2 Å². The topological polar surface area (TPSA) is 12.0 Å². The van der Waals surface area contributed by atoms with Crippen LogP contribution in [0.15, 0.2) is 24.3 Å². The second-order valence-corrected chi connectivity index (χ2v) is 6.63. The highest BCUT2D eigenvalue weighted by molar-refractivity contribution is 5.23. The highest BCUT2D eigenvalue weighted by Crippen LogP contribution is 2.37. The number of benzene rings is 1. The van der Waals surface area contributed by atoms with Gasteiger partial charge in [0.05, 0.1) is 0 Å². The first kappa shape index (κ1) is 14.1. The number of hydrogen-bond acceptors (Lipinski definition) is 1. The molecule has 1 N–H and O–H groups in total. The Morgan fingerprint density at radius 3 is 2.30 bits per heavy atom. The van der Waals surface area contributed by atoms with Crippen molar-refractivity contribution in [1.82, 2.24) is 5.32 Å². The Balaban J connectivity index is 1.45. The van der Waals surface area contributed by atoms with E-state index >= 15 is 0 Å². The van der Waals surface area contributed by atoms with Crippen LogP contribution < -0.4 is 5.32 Å². The van der Waals surface area contributed by atoms with Gasteiger partial charge in [0.2, 0.25) is 0 Å². The van der Waals surface area contributed by atoms with Gasteiger partial charge >= 0.3 is 0 Å². The maximum atomic E-state index is 13.2. The molecule has 110 valence electrons. The van der Waals surface area contributed by atoms with Crippen molar-refractivity contribution in [2.75, 3.05) is 0 Å². The average molecular weight is 275 g/mol. The molecule has 0 aromatic heterocycles. The number of nitrogens with one attached hydrogen (secondary N) is 1. The molecule has 0 radical (unpaired) electrons. The Kier molecular flexibility index (Phi) is 4.72. The third kappa shape index (κ3) is 3.60. The van der Waals surface area contributed by atoms with Gasteiger partial charge in [-0.3, -0.25) is 0 Å². The Hall–Kier alpha value is -0.890. The van der Waals surface area contributed by atoms with Gasteiger partial charge in [-0.05, 0) is 49.3 Å². The van der Waals surface area contributed by atoms with E-state index in [-0.39, 0.29) is 5.82 Å². The second-order valence-electron chi connectivity index (χ2n) is 6.63. The zero-order valence-electron chi connectivity index (χ0n) is 12.3. The second kappa shape index (κ2) is 6.71. The van der Waals surface area contributed by atoms with E-state index in [1.165, 1.54) is 69.4 Å². The van der Waals surface area contributed by atoms with Crippen molar-refractivity contribution in [2.45, 2.75) is 75.8 Å². The minimum Gasteiger partial charge on any atom is -0.311 e. The molecule has 0 amide bonds. The van der Waals surface area contributed by atoms with Crippen molar-refractivity contribution in [1.29, 1.82) is 0 Å². The molecule has 20 heavy (non-hydrogen) atoms. The molecule has 2 aliphatic carbocycles. The molecule has 2 heteroatoms. The van der Waals surface area contributed by atoms with Crippen molar-refractivity contribution in [3.05, 3.63) is 35.6 Å². The first-order valence-electron chi connectivity index (χ1n) is 8.33. The predicted octanol–water partition coefficient (Wildman–Crippen LogP) is 4.77. The Morgan fingerprint density at radius 2 is 1.60 bits per heavy atom. The van der Waals surface area contributed by atoms with E-state index in [4.69, 9.17) is 0 Å². The molecule has 1 nitrogen and oxygen atoms in total. The summed E-state index contributed by atoms with van der Waals surface area (Å²) in [5, 5.41) is 3.84. The molecule has 1 aromatic rings. The molecular weight excluding hydrogens is 249 g/mol. The Morgan fingerprint density at radius 1 is 0.900 bits per heavy atom. The smallest absolute Gasteiger partial charge is 0.123 e. The lowest BCUT2D eigenvalue weighted by atomic mass is 9.75. The standard InChI is InChI=1S/C18H26FN/c19-16-8-6-7-14(11-16)15-12-18(13-15)20-17-9-4-2-1-3-5-10-17/h6-8,11,15,17-18,20H,1-5,9-10,12-13H2. The molecule has 2 aliphatic rings. The molecule has 0 saturated heterocycles. The summed E-state index contributed by atoms with van der Waals surface area (Å²) in [5.74, 6) is 0.468. The minimum atomic E-state index is -0.0982. The first-order chi connectivity index (χ1) is 9.81. The molecule has 0 unspecified atom stereocenters. The van der Waals surface area contributed by atoms with Gasteiger partial charge < -0.3 is 5.32 Å². The van der Waals surface area contributed by atoms with Crippen LogP contribution in [-0.4, -0.2) is 12.1 Å². The van der Waals surface area contributed by atoms with Crippen LogP contribution in [0.4, 0.5) is 4.39 Å². The van der Waals surface area contributed by atoms with E-state index < -0.39 is 0 Å². The van der Waals surface area contributed by atoms with E-state index in [2.05, 4.69) is 11.4 Å². The SMILES string of the molecule is Fc1cccc(C2CC(NC3CCCCCCC3)C2)c1. The molecule has 2 saturated carbocycles. The summed E-state index contributed by atoms with van der Waals surface area (Å²) in [5.41, 5.74) is 1.18. The molecule has 1 aromatic carbocycles. The fourth-order valence-corrected chi connectivity index (χ4v) is 3.74. The van der Waals surface area contributed by atoms with Gasteiger partial charge in [0.25, 0.3) is 0 Å². The summed E-state index contributed by atoms with van der Waals surface area (Å²) in [6, 6.07) is 8.53. The van der Waals surface area contributed by atoms with Crippen molar-refractivity contribution in [3.8, 4) is 0 Å². The average Bonchev–Trinajstić information content (AvgIpc) is 2.35. The van der Waals surface area contributed by atoms with E-state index in [1.807, 2.05) is 6.07 Å². The highest BCUT2D eigenvalue weighted by atomic mass is 19.1. The van der Waals surface area contributed by atoms with Crippen LogP contribution in [0.1, 0.15) is 69.3 Å². The lowest BCUT2D eigenvalue weighted by Crippen LogP contribution is -2.45. The number of halogens is 1. The van der Waals surface area contributed by atoms with Gasteiger partial charge in [0.15, 0.2) is 0 Å². The fraction of sp³-hybridized carbons (Fsp3) is 0.667. The van der Waals surface area contributed by atoms with Crippen LogP contribution in [0.25, 0.3) is 0 Å². The highest BCUT2D eigenvalue weighted by Gasteiger charge is 2.31. The summed E-state index contributed by atoms with van der Waals surface area (Å²) < 4.78 is 13.2. The fourth-order valence-electron chi connectivity index (χ4n) is 3.74. The zero-order valence-corrected chi connectivity index (χ0v) is 12.3. The van der Waals surface area contributed by atoms with E-state index in [0.29, 0.717) is 12.0 Å². The molecule has 0 aliphatic heterocycles. The van der Waals surface area contributed by atoms with Crippen LogP contribution in [0.2, 0.25) is 0 Å². The van der Waals surface area contributed by atoms with Crippen molar-refractivity contribution >= 4 is 0 Å². The summed E-state index contributed by atoms with van der Waals surface area (Å²) >= 11 is 0. The van der Waals surface area contributed by atoms with Crippen molar-refractivity contribution in [2.24, 2.45) is 0 Å². The molecular formula is C18H26FN. The van der Waals surface area contributed by atoms with Crippen LogP contribution >= 0.6 is 0 Å². The normalized spacial score (nSPS) is 28.4. The predicted molar refractivity (Wildman–Crippen MR) is 81.4 cm³/mol. The van der Waals surface area contributed by atoms with Gasteiger partial charge in [0, 0.05) is 12.1 Å². The van der Waals surface area contributed by atoms with Gasteiger partial charge in [-0.15, -0.1) is 0 Å². The molecule has 2 fully saturated rings. The minimum absolute atomic E-state index is 0.0982. The van der Waals surface area contributed by atoms with Crippen LogP contribution in [-0.2, 0) is 0 Å². The third-order valence-electron chi connectivity index (χ3n) is 5.03. The summed E-state index contributed by atoms with van der Waals surface area (Å²) in [4.78, 5) is 0. The molecule has 0 spiro atoms. The maximum Gasteiger partial charge on any atom is 0.123 e. The van der Waals surface area contributed by atoms with Gasteiger partial charge in [-0.2, -0.15) is 0 Å². The van der Waals surface area contributed by atoms with Gasteiger partial charge in [-0.25, -0.2) is 4.39 Å². The Bertz CT molecular complexity index is 417. The first-order valence-corrected chi connectivity index (χ1v) is 8.33. The van der Waals surface area contributed by atoms with Crippen molar-refractivity contribution < 1.29 is 4.39 Å². The molecule has 0 atom stereocenters. The molecule has 3 rings (SSSR count). The lowest BCUT2D eigenvalue weighted by molar-refractivity contribution is 0.244.